The van der Waals surface area contributed by atoms with Crippen molar-refractivity contribution in [2.75, 3.05) is 56.6 Å². The topological polar surface area (TPSA) is 98.7 Å². The first-order valence-electron chi connectivity index (χ1n) is 16.3. The minimum Gasteiger partial charge on any atom is -0.420 e. The molecule has 1 aliphatic rings. The predicted octanol–water partition coefficient (Wildman–Crippen LogP) is 6.71. The van der Waals surface area contributed by atoms with Crippen molar-refractivity contribution in [3.05, 3.63) is 53.7 Å². The number of fused-ring (bicyclic) bond motifs is 3. The molecule has 0 atom stereocenters. The normalized spacial score (nSPS) is 14.7. The first-order chi connectivity index (χ1) is 22.7. The molecule has 0 saturated carbocycles. The van der Waals surface area contributed by atoms with E-state index in [0.29, 0.717) is 12.4 Å². The Morgan fingerprint density at radius 1 is 0.938 bits per heavy atom. The second kappa shape index (κ2) is 14.3. The van der Waals surface area contributed by atoms with Crippen molar-refractivity contribution in [3.63, 3.8) is 0 Å². The van der Waals surface area contributed by atoms with Gasteiger partial charge in [-0.3, -0.25) is 14.4 Å². The zero-order valence-corrected chi connectivity index (χ0v) is 28.2. The number of hydrogen-bond donors (Lipinski definition) is 1. The fourth-order valence-electron chi connectivity index (χ4n) is 6.11. The number of nitrogens with two attached hydrogens (primary N) is 1. The van der Waals surface area contributed by atoms with E-state index in [-0.39, 0.29) is 24.5 Å². The summed E-state index contributed by atoms with van der Waals surface area (Å²) >= 11 is 0. The highest BCUT2D eigenvalue weighted by molar-refractivity contribution is 6.08. The molecule has 1 aliphatic heterocycles. The molecule has 48 heavy (non-hydrogen) atoms. The summed E-state index contributed by atoms with van der Waals surface area (Å²) in [6.07, 6.45) is 3.92. The van der Waals surface area contributed by atoms with E-state index in [9.17, 15) is 22.4 Å². The molecule has 0 radical (unpaired) electrons. The Morgan fingerprint density at radius 2 is 1.60 bits per heavy atom. The molecule has 4 aromatic rings. The van der Waals surface area contributed by atoms with Crippen molar-refractivity contribution in [2.45, 2.75) is 60.4 Å². The van der Waals surface area contributed by atoms with Crippen LogP contribution in [0.2, 0.25) is 0 Å². The van der Waals surface area contributed by atoms with Gasteiger partial charge in [-0.25, -0.2) is 13.8 Å². The van der Waals surface area contributed by atoms with Crippen LogP contribution in [0.25, 0.3) is 21.8 Å². The Bertz CT molecular complexity index is 1760. The summed E-state index contributed by atoms with van der Waals surface area (Å²) in [6, 6.07) is 6.40. The Morgan fingerprint density at radius 3 is 2.27 bits per heavy atom. The highest BCUT2D eigenvalue weighted by atomic mass is 19.2. The number of aromatic nitrogens is 3. The van der Waals surface area contributed by atoms with E-state index in [1.54, 1.807) is 13.8 Å². The molecule has 0 bridgehead atoms. The number of benzene rings is 2. The molecule has 0 amide bonds. The molecule has 0 aliphatic carbocycles. The van der Waals surface area contributed by atoms with Gasteiger partial charge in [-0.1, -0.05) is 47.1 Å². The number of pyridine rings is 1. The van der Waals surface area contributed by atoms with E-state index in [1.165, 1.54) is 0 Å². The van der Waals surface area contributed by atoms with Crippen molar-refractivity contribution < 1.29 is 31.8 Å². The van der Waals surface area contributed by atoms with Crippen LogP contribution in [-0.2, 0) is 16.1 Å². The summed E-state index contributed by atoms with van der Waals surface area (Å²) in [5, 5.41) is 6.71. The van der Waals surface area contributed by atoms with E-state index in [2.05, 4.69) is 69.8 Å². The van der Waals surface area contributed by atoms with Crippen molar-refractivity contribution in [1.29, 1.82) is 0 Å². The summed E-state index contributed by atoms with van der Waals surface area (Å²) in [6.45, 7) is 15.5. The van der Waals surface area contributed by atoms with E-state index >= 15 is 0 Å². The van der Waals surface area contributed by atoms with Crippen LogP contribution in [0.4, 0.5) is 29.1 Å². The summed E-state index contributed by atoms with van der Waals surface area (Å²) in [7, 11) is 0. The van der Waals surface area contributed by atoms with Gasteiger partial charge in [-0.05, 0) is 24.0 Å². The number of halogens is 4. The number of piperazine rings is 1. The van der Waals surface area contributed by atoms with Gasteiger partial charge in [0.25, 0.3) is 0 Å². The number of hydrogen-bond acceptors (Lipinski definition) is 8. The van der Waals surface area contributed by atoms with Crippen LogP contribution >= 0.6 is 0 Å². The number of anilines is 2. The van der Waals surface area contributed by atoms with E-state index < -0.39 is 40.4 Å². The number of aryl methyl sites for hydroxylation is 1. The summed E-state index contributed by atoms with van der Waals surface area (Å²) in [5.41, 5.74) is 8.03. The fourth-order valence-corrected chi connectivity index (χ4v) is 6.11. The Labute approximate surface area is 278 Å². The number of nitrogens with zero attached hydrogens (tertiary/aromatic N) is 5. The molecule has 3 heterocycles. The van der Waals surface area contributed by atoms with Gasteiger partial charge in [0.05, 0.1) is 25.2 Å². The molecule has 5 rings (SSSR count). The molecular weight excluding hydrogens is 628 g/mol. The molecule has 9 nitrogen and oxygen atoms in total. The van der Waals surface area contributed by atoms with Gasteiger partial charge in [0.2, 0.25) is 17.4 Å². The number of carbonyl (C=O) groups excluding carboxylic acids is 1. The smallest absolute Gasteiger partial charge is 0.312 e. The van der Waals surface area contributed by atoms with Crippen molar-refractivity contribution in [1.82, 2.24) is 19.7 Å². The van der Waals surface area contributed by atoms with E-state index in [1.807, 2.05) is 4.68 Å². The maximum absolute atomic E-state index is 13.9. The highest BCUT2D eigenvalue weighted by Gasteiger charge is 2.30. The van der Waals surface area contributed by atoms with Crippen LogP contribution in [0.15, 0.2) is 30.5 Å². The van der Waals surface area contributed by atoms with Gasteiger partial charge in [-0.2, -0.15) is 13.9 Å². The lowest BCUT2D eigenvalue weighted by Gasteiger charge is -2.40. The van der Waals surface area contributed by atoms with Crippen molar-refractivity contribution >= 4 is 39.3 Å². The van der Waals surface area contributed by atoms with Crippen LogP contribution in [0.5, 0.6) is 5.75 Å². The van der Waals surface area contributed by atoms with Gasteiger partial charge < -0.3 is 20.1 Å². The summed E-state index contributed by atoms with van der Waals surface area (Å²) in [4.78, 5) is 21.8. The average Bonchev–Trinajstić information content (AvgIpc) is 3.46. The molecule has 1 saturated heterocycles. The molecule has 0 unspecified atom stereocenters. The molecule has 13 heteroatoms. The second-order valence-electron chi connectivity index (χ2n) is 14.2. The molecule has 2 aromatic heterocycles. The Kier molecular flexibility index (Phi) is 10.5. The average molecular weight is 673 g/mol. The highest BCUT2D eigenvalue weighted by Crippen LogP contribution is 2.32. The fraction of sp³-hybridized carbons (Fsp3) is 0.514. The Hall–Kier alpha value is -3.97. The number of esters is 1. The number of unbranched alkanes of at least 4 members (excludes halogenated alkanes) is 1. The lowest BCUT2D eigenvalue weighted by Crippen LogP contribution is -2.49. The zero-order valence-electron chi connectivity index (χ0n) is 28.2. The van der Waals surface area contributed by atoms with Gasteiger partial charge >= 0.3 is 5.97 Å². The largest absolute Gasteiger partial charge is 0.420 e. The second-order valence-corrected chi connectivity index (χ2v) is 14.2. The maximum atomic E-state index is 13.9. The first kappa shape index (κ1) is 35.3. The minimum atomic E-state index is -1.76. The lowest BCUT2D eigenvalue weighted by molar-refractivity contribution is -0.138. The number of carbonyl (C=O) groups is 1. The quantitative estimate of drug-likeness (QED) is 0.0725. The van der Waals surface area contributed by atoms with Crippen molar-refractivity contribution in [2.24, 2.45) is 10.8 Å². The third kappa shape index (κ3) is 8.18. The Balaban J connectivity index is 1.10. The van der Waals surface area contributed by atoms with Gasteiger partial charge in [-0.15, -0.1) is 0 Å². The van der Waals surface area contributed by atoms with Gasteiger partial charge in [0.15, 0.2) is 17.5 Å². The molecule has 1 fully saturated rings. The third-order valence-electron chi connectivity index (χ3n) is 8.54. The monoisotopic (exact) mass is 672 g/mol. The third-order valence-corrected chi connectivity index (χ3v) is 8.54. The molecule has 0 spiro atoms. The van der Waals surface area contributed by atoms with Crippen LogP contribution in [0.3, 0.4) is 0 Å². The van der Waals surface area contributed by atoms with E-state index in [0.717, 1.165) is 79.6 Å². The van der Waals surface area contributed by atoms with Crippen LogP contribution in [0.1, 0.15) is 53.9 Å². The number of ether oxygens (including phenoxy) is 2. The number of nitrogen functional groups attached to an aromatic ring is 1. The van der Waals surface area contributed by atoms with E-state index in [4.69, 9.17) is 10.5 Å². The maximum Gasteiger partial charge on any atom is 0.312 e. The molecular formula is C35H44F4N6O3. The molecule has 2 N–H and O–H groups in total. The van der Waals surface area contributed by atoms with Gasteiger partial charge in [0.1, 0.15) is 5.52 Å². The predicted molar refractivity (Wildman–Crippen MR) is 178 cm³/mol. The van der Waals surface area contributed by atoms with Crippen molar-refractivity contribution in [3.8, 4) is 5.75 Å². The molecule has 2 aromatic carbocycles. The van der Waals surface area contributed by atoms with Crippen LogP contribution in [0, 0.1) is 34.1 Å². The summed E-state index contributed by atoms with van der Waals surface area (Å²) in [5.74, 6) is -8.78. The minimum absolute atomic E-state index is 0.0583. The van der Waals surface area contributed by atoms with Crippen LogP contribution in [-0.4, -0.2) is 71.6 Å². The number of rotatable bonds is 13. The zero-order chi connectivity index (χ0) is 34.8. The summed E-state index contributed by atoms with van der Waals surface area (Å²) < 4.78 is 67.4. The lowest BCUT2D eigenvalue weighted by atomic mass is 9.90. The first-order valence-corrected chi connectivity index (χ1v) is 16.3. The molecule has 260 valence electrons. The standard InChI is InChI=1S/C35H44F4N6O3/c1-6-7-10-45-18-24-23-9-8-22(15-27(23)41-33(40)31(24)42-45)44-13-11-43(12-14-44)19-35(4,5)21-47-20-34(2,3)17-28(46)48-32-29(38)25(36)16-26(37)30(32)39/h8-9,15-16,18H,6-7,10-14,17,19-21H2,1-5H3,(H2,40,41). The van der Waals surface area contributed by atoms with Crippen LogP contribution < -0.4 is 15.4 Å². The van der Waals surface area contributed by atoms with Gasteiger partial charge in [0, 0.05) is 73.4 Å². The SMILES string of the molecule is CCCCn1cc2c(n1)c(N)nc1cc(N3CCN(CC(C)(C)COCC(C)(C)CC(=O)Oc4c(F)c(F)cc(F)c4F)CC3)ccc12.